The van der Waals surface area contributed by atoms with Gasteiger partial charge in [0.15, 0.2) is 0 Å². The number of thiophene rings is 1. The molecule has 2 aromatic carbocycles. The van der Waals surface area contributed by atoms with E-state index in [1.807, 2.05) is 32.0 Å². The lowest BCUT2D eigenvalue weighted by Crippen LogP contribution is -1.90. The lowest BCUT2D eigenvalue weighted by atomic mass is 10.0. The Kier molecular flexibility index (Phi) is 6.51. The van der Waals surface area contributed by atoms with Gasteiger partial charge in [-0.1, -0.05) is 55.8 Å². The van der Waals surface area contributed by atoms with E-state index in [1.54, 1.807) is 11.3 Å². The van der Waals surface area contributed by atoms with Gasteiger partial charge in [0.25, 0.3) is 0 Å². The molecule has 0 N–H and O–H groups in total. The molecule has 0 atom stereocenters. The molecule has 0 saturated heterocycles. The Morgan fingerprint density at radius 2 is 1.75 bits per heavy atom. The average Bonchev–Trinajstić information content (AvgIpc) is 3.08. The van der Waals surface area contributed by atoms with E-state index >= 15 is 0 Å². The summed E-state index contributed by atoms with van der Waals surface area (Å²) in [5, 5.41) is 0. The highest BCUT2D eigenvalue weighted by Crippen LogP contribution is 2.30. The van der Waals surface area contributed by atoms with Crippen molar-refractivity contribution < 1.29 is 4.79 Å². The highest BCUT2D eigenvalue weighted by molar-refractivity contribution is 7.15. The number of carbonyl (C=O) groups is 1. The van der Waals surface area contributed by atoms with Crippen LogP contribution in [0.4, 0.5) is 0 Å². The van der Waals surface area contributed by atoms with Crippen LogP contribution in [0.3, 0.4) is 0 Å². The predicted molar refractivity (Wildman–Crippen MR) is 105 cm³/mol. The maximum absolute atomic E-state index is 10.9. The first kappa shape index (κ1) is 18.2. The molecule has 3 aromatic rings. The van der Waals surface area contributed by atoms with Gasteiger partial charge in [-0.15, -0.1) is 11.3 Å². The number of rotatable bonds is 4. The van der Waals surface area contributed by atoms with Crippen LogP contribution in [-0.4, -0.2) is 6.29 Å². The molecule has 1 heterocycles. The van der Waals surface area contributed by atoms with Crippen molar-refractivity contribution in [3.05, 3.63) is 81.7 Å². The largest absolute Gasteiger partial charge is 0.298 e. The van der Waals surface area contributed by atoms with Gasteiger partial charge in [-0.25, -0.2) is 0 Å². The average molecular weight is 336 g/mol. The lowest BCUT2D eigenvalue weighted by Gasteiger charge is -2.05. The van der Waals surface area contributed by atoms with Gasteiger partial charge in [0.1, 0.15) is 6.29 Å². The molecule has 24 heavy (non-hydrogen) atoms. The summed E-state index contributed by atoms with van der Waals surface area (Å²) < 4.78 is 0. The Balaban J connectivity index is 0.00000100. The van der Waals surface area contributed by atoms with Gasteiger partial charge in [-0.05, 0) is 48.7 Å². The Morgan fingerprint density at radius 3 is 2.50 bits per heavy atom. The molecule has 1 aromatic heterocycles. The van der Waals surface area contributed by atoms with Crippen molar-refractivity contribution in [3.63, 3.8) is 0 Å². The first-order valence-corrected chi connectivity index (χ1v) is 9.18. The first-order valence-electron chi connectivity index (χ1n) is 8.36. The van der Waals surface area contributed by atoms with Crippen LogP contribution >= 0.6 is 11.3 Å². The Morgan fingerprint density at radius 1 is 0.958 bits per heavy atom. The quantitative estimate of drug-likeness (QED) is 0.500. The minimum Gasteiger partial charge on any atom is -0.298 e. The molecule has 0 aliphatic rings. The fraction of sp³-hybridized carbons (Fsp3) is 0.227. The SMILES string of the molecule is CC.Cc1ccc(C)c(Cc2ccc(-c3cccc(C=O)c3)s2)c1. The summed E-state index contributed by atoms with van der Waals surface area (Å²) >= 11 is 1.80. The topological polar surface area (TPSA) is 17.1 Å². The van der Waals surface area contributed by atoms with Crippen LogP contribution in [0.5, 0.6) is 0 Å². The molecule has 0 bridgehead atoms. The molecule has 0 aliphatic heterocycles. The third-order valence-electron chi connectivity index (χ3n) is 3.84. The van der Waals surface area contributed by atoms with Crippen molar-refractivity contribution in [3.8, 4) is 10.4 Å². The third-order valence-corrected chi connectivity index (χ3v) is 4.97. The molecule has 0 amide bonds. The molecule has 0 aliphatic carbocycles. The molecule has 124 valence electrons. The number of aryl methyl sites for hydroxylation is 2. The van der Waals surface area contributed by atoms with E-state index in [9.17, 15) is 4.79 Å². The normalized spacial score (nSPS) is 10.0. The minimum absolute atomic E-state index is 0.724. The summed E-state index contributed by atoms with van der Waals surface area (Å²) in [4.78, 5) is 13.5. The number of carbonyl (C=O) groups excluding carboxylic acids is 1. The second kappa shape index (κ2) is 8.60. The van der Waals surface area contributed by atoms with E-state index in [2.05, 4.69) is 50.2 Å². The van der Waals surface area contributed by atoms with Crippen LogP contribution in [0.1, 0.15) is 45.8 Å². The van der Waals surface area contributed by atoms with E-state index < -0.39 is 0 Å². The van der Waals surface area contributed by atoms with Gasteiger partial charge < -0.3 is 0 Å². The van der Waals surface area contributed by atoms with Crippen LogP contribution in [0.25, 0.3) is 10.4 Å². The van der Waals surface area contributed by atoms with E-state index in [1.165, 1.54) is 26.4 Å². The van der Waals surface area contributed by atoms with Crippen LogP contribution in [0.15, 0.2) is 54.6 Å². The maximum Gasteiger partial charge on any atom is 0.150 e. The highest BCUT2D eigenvalue weighted by atomic mass is 32.1. The van der Waals surface area contributed by atoms with Crippen molar-refractivity contribution in [1.82, 2.24) is 0 Å². The molecular weight excluding hydrogens is 312 g/mol. The summed E-state index contributed by atoms with van der Waals surface area (Å²) in [6, 6.07) is 18.7. The van der Waals surface area contributed by atoms with Gasteiger partial charge >= 0.3 is 0 Å². The Labute approximate surface area is 149 Å². The summed E-state index contributed by atoms with van der Waals surface area (Å²) in [6.45, 7) is 8.30. The fourth-order valence-electron chi connectivity index (χ4n) is 2.57. The summed E-state index contributed by atoms with van der Waals surface area (Å²) in [7, 11) is 0. The van der Waals surface area contributed by atoms with E-state index in [-0.39, 0.29) is 0 Å². The lowest BCUT2D eigenvalue weighted by molar-refractivity contribution is 0.112. The zero-order chi connectivity index (χ0) is 17.5. The molecule has 0 spiro atoms. The van der Waals surface area contributed by atoms with Gasteiger partial charge in [-0.2, -0.15) is 0 Å². The van der Waals surface area contributed by atoms with Crippen LogP contribution in [0.2, 0.25) is 0 Å². The van der Waals surface area contributed by atoms with Crippen molar-refractivity contribution in [2.75, 3.05) is 0 Å². The molecular formula is C22H24OS. The number of aldehydes is 1. The molecule has 0 radical (unpaired) electrons. The van der Waals surface area contributed by atoms with Crippen LogP contribution < -0.4 is 0 Å². The van der Waals surface area contributed by atoms with Crippen LogP contribution in [0, 0.1) is 13.8 Å². The standard InChI is InChI=1S/C20H18OS.C2H6/c1-14-6-7-15(2)18(10-14)12-19-8-9-20(22-19)17-5-3-4-16(11-17)13-21;1-2/h3-11,13H,12H2,1-2H3;1-2H3. The summed E-state index contributed by atoms with van der Waals surface area (Å²) in [5.41, 5.74) is 5.86. The van der Waals surface area contributed by atoms with Gasteiger partial charge in [0, 0.05) is 21.7 Å². The van der Waals surface area contributed by atoms with Crippen molar-refractivity contribution in [2.24, 2.45) is 0 Å². The molecule has 3 rings (SSSR count). The monoisotopic (exact) mass is 336 g/mol. The molecule has 1 nitrogen and oxygen atoms in total. The van der Waals surface area contributed by atoms with Crippen molar-refractivity contribution in [2.45, 2.75) is 34.1 Å². The Hall–Kier alpha value is -2.19. The molecule has 2 heteroatoms. The van der Waals surface area contributed by atoms with E-state index in [0.717, 1.165) is 23.8 Å². The Bertz CT molecular complexity index is 814. The van der Waals surface area contributed by atoms with Crippen LogP contribution in [-0.2, 0) is 6.42 Å². The summed E-state index contributed by atoms with van der Waals surface area (Å²) in [6.07, 6.45) is 1.86. The van der Waals surface area contributed by atoms with Gasteiger partial charge in [0.05, 0.1) is 0 Å². The zero-order valence-electron chi connectivity index (χ0n) is 14.8. The minimum atomic E-state index is 0.724. The summed E-state index contributed by atoms with van der Waals surface area (Å²) in [5.74, 6) is 0. The second-order valence-corrected chi connectivity index (χ2v) is 6.78. The second-order valence-electron chi connectivity index (χ2n) is 5.62. The molecule has 0 fully saturated rings. The zero-order valence-corrected chi connectivity index (χ0v) is 15.6. The molecule has 0 saturated carbocycles. The van der Waals surface area contributed by atoms with Gasteiger partial charge in [-0.3, -0.25) is 4.79 Å². The van der Waals surface area contributed by atoms with Crippen molar-refractivity contribution in [1.29, 1.82) is 0 Å². The fourth-order valence-corrected chi connectivity index (χ4v) is 3.60. The van der Waals surface area contributed by atoms with E-state index in [4.69, 9.17) is 0 Å². The first-order chi connectivity index (χ1) is 11.7. The van der Waals surface area contributed by atoms with E-state index in [0.29, 0.717) is 0 Å². The number of benzene rings is 2. The number of hydrogen-bond donors (Lipinski definition) is 0. The predicted octanol–water partition coefficient (Wildman–Crippen LogP) is 6.46. The molecule has 0 unspecified atom stereocenters. The smallest absolute Gasteiger partial charge is 0.150 e. The maximum atomic E-state index is 10.9. The van der Waals surface area contributed by atoms with Gasteiger partial charge in [0.2, 0.25) is 0 Å². The highest BCUT2D eigenvalue weighted by Gasteiger charge is 2.06. The third kappa shape index (κ3) is 4.42. The number of hydrogen-bond acceptors (Lipinski definition) is 2. The van der Waals surface area contributed by atoms with Crippen molar-refractivity contribution >= 4 is 17.6 Å².